The summed E-state index contributed by atoms with van der Waals surface area (Å²) < 4.78 is 0. The molecule has 1 aliphatic rings. The van der Waals surface area contributed by atoms with Crippen LogP contribution in [0.5, 0.6) is 0 Å². The van der Waals surface area contributed by atoms with Gasteiger partial charge in [-0.1, -0.05) is 37.0 Å². The maximum Gasteiger partial charge on any atom is 0.0441 e. The number of hydrogen-bond acceptors (Lipinski definition) is 2. The third-order valence-electron chi connectivity index (χ3n) is 3.59. The summed E-state index contributed by atoms with van der Waals surface area (Å²) in [5.74, 6) is 0.704. The molecule has 2 nitrogen and oxygen atoms in total. The molecule has 0 saturated carbocycles. The van der Waals surface area contributed by atoms with E-state index in [-0.39, 0.29) is 0 Å². The van der Waals surface area contributed by atoms with Crippen LogP contribution in [-0.4, -0.2) is 25.2 Å². The third-order valence-corrected chi connectivity index (χ3v) is 4.02. The lowest BCUT2D eigenvalue weighted by Gasteiger charge is -2.41. The maximum absolute atomic E-state index is 6.11. The fourth-order valence-corrected chi connectivity index (χ4v) is 3.24. The van der Waals surface area contributed by atoms with E-state index in [0.29, 0.717) is 28.0 Å². The van der Waals surface area contributed by atoms with E-state index in [1.165, 1.54) is 6.42 Å². The molecule has 0 aromatic heterocycles. The number of rotatable bonds is 3. The third kappa shape index (κ3) is 4.01. The Hall–Kier alpha value is -0.440. The van der Waals surface area contributed by atoms with Crippen molar-refractivity contribution in [1.82, 2.24) is 5.32 Å². The summed E-state index contributed by atoms with van der Waals surface area (Å²) in [5.41, 5.74) is 1.13. The van der Waals surface area contributed by atoms with Gasteiger partial charge in [0.1, 0.15) is 0 Å². The second-order valence-corrected chi connectivity index (χ2v) is 6.74. The quantitative estimate of drug-likeness (QED) is 0.900. The van der Waals surface area contributed by atoms with Gasteiger partial charge >= 0.3 is 0 Å². The van der Waals surface area contributed by atoms with Crippen molar-refractivity contribution in [2.24, 2.45) is 5.92 Å². The molecule has 0 amide bonds. The van der Waals surface area contributed by atoms with E-state index in [4.69, 9.17) is 23.2 Å². The molecular weight excluding hydrogens is 279 g/mol. The van der Waals surface area contributed by atoms with Gasteiger partial charge in [-0.25, -0.2) is 0 Å². The predicted octanol–water partition coefficient (Wildman–Crippen LogP) is 4.21. The normalized spacial score (nSPS) is 24.0. The Morgan fingerprint density at radius 3 is 2.47 bits per heavy atom. The van der Waals surface area contributed by atoms with Crippen molar-refractivity contribution in [1.29, 1.82) is 0 Å². The predicted molar refractivity (Wildman–Crippen MR) is 84.5 cm³/mol. The lowest BCUT2D eigenvalue weighted by molar-refractivity contribution is 0.356. The number of halogens is 2. The Kier molecular flexibility index (Phi) is 4.99. The molecule has 4 heteroatoms. The lowest BCUT2D eigenvalue weighted by atomic mass is 9.99. The molecule has 0 spiro atoms. The van der Waals surface area contributed by atoms with Crippen LogP contribution in [0.2, 0.25) is 10.0 Å². The fourth-order valence-electron chi connectivity index (χ4n) is 2.72. The first-order valence-corrected chi connectivity index (χ1v) is 7.67. The van der Waals surface area contributed by atoms with Crippen molar-refractivity contribution >= 4 is 28.9 Å². The summed E-state index contributed by atoms with van der Waals surface area (Å²) in [6.07, 6.45) is 1.19. The Labute approximate surface area is 126 Å². The number of hydrogen-bond donors (Lipinski definition) is 1. The lowest BCUT2D eigenvalue weighted by Crippen LogP contribution is -2.56. The molecule has 0 radical (unpaired) electrons. The van der Waals surface area contributed by atoms with E-state index in [2.05, 4.69) is 31.0 Å². The molecule has 2 unspecified atom stereocenters. The second-order valence-electron chi connectivity index (χ2n) is 5.86. The van der Waals surface area contributed by atoms with Crippen LogP contribution in [0.25, 0.3) is 0 Å². The van der Waals surface area contributed by atoms with E-state index in [1.54, 1.807) is 6.07 Å². The number of nitrogens with one attached hydrogen (secondary N) is 1. The van der Waals surface area contributed by atoms with Gasteiger partial charge in [-0.05, 0) is 37.5 Å². The SMILES string of the molecule is CC(C)CC1CN(c2cc(Cl)cc(Cl)c2)C(C)CN1. The van der Waals surface area contributed by atoms with E-state index < -0.39 is 0 Å². The van der Waals surface area contributed by atoms with E-state index in [1.807, 2.05) is 12.1 Å². The van der Waals surface area contributed by atoms with Crippen LogP contribution in [0, 0.1) is 5.92 Å². The highest BCUT2D eigenvalue weighted by molar-refractivity contribution is 6.35. The monoisotopic (exact) mass is 300 g/mol. The van der Waals surface area contributed by atoms with Crippen molar-refractivity contribution in [3.63, 3.8) is 0 Å². The molecule has 0 bridgehead atoms. The van der Waals surface area contributed by atoms with Crippen LogP contribution in [0.1, 0.15) is 27.2 Å². The minimum Gasteiger partial charge on any atom is -0.366 e. The van der Waals surface area contributed by atoms with Crippen molar-refractivity contribution in [3.8, 4) is 0 Å². The molecule has 1 fully saturated rings. The average molecular weight is 301 g/mol. The Balaban J connectivity index is 2.16. The molecule has 106 valence electrons. The number of anilines is 1. The molecule has 19 heavy (non-hydrogen) atoms. The van der Waals surface area contributed by atoms with Crippen molar-refractivity contribution in [2.45, 2.75) is 39.3 Å². The largest absolute Gasteiger partial charge is 0.366 e. The highest BCUT2D eigenvalue weighted by Gasteiger charge is 2.25. The minimum atomic E-state index is 0.456. The van der Waals surface area contributed by atoms with Crippen molar-refractivity contribution < 1.29 is 0 Å². The second kappa shape index (κ2) is 6.34. The van der Waals surface area contributed by atoms with Gasteiger partial charge in [-0.3, -0.25) is 0 Å². The standard InChI is InChI=1S/C15H22Cl2N2/c1-10(2)4-14-9-19(11(3)8-18-14)15-6-12(16)5-13(17)7-15/h5-7,10-11,14,18H,4,8-9H2,1-3H3. The van der Waals surface area contributed by atoms with Gasteiger partial charge in [0, 0.05) is 40.9 Å². The van der Waals surface area contributed by atoms with Crippen LogP contribution in [-0.2, 0) is 0 Å². The molecule has 0 aliphatic carbocycles. The molecule has 1 aliphatic heterocycles. The molecule has 1 saturated heterocycles. The van der Waals surface area contributed by atoms with E-state index >= 15 is 0 Å². The Morgan fingerprint density at radius 1 is 1.26 bits per heavy atom. The van der Waals surface area contributed by atoms with Crippen LogP contribution < -0.4 is 10.2 Å². The van der Waals surface area contributed by atoms with Crippen molar-refractivity contribution in [2.75, 3.05) is 18.0 Å². The van der Waals surface area contributed by atoms with Crippen LogP contribution in [0.4, 0.5) is 5.69 Å². The van der Waals surface area contributed by atoms with Crippen LogP contribution in [0.3, 0.4) is 0 Å². The first-order chi connectivity index (χ1) is 8.95. The highest BCUT2D eigenvalue weighted by Crippen LogP contribution is 2.28. The Bertz CT molecular complexity index is 414. The highest BCUT2D eigenvalue weighted by atomic mass is 35.5. The molecule has 1 aromatic rings. The summed E-state index contributed by atoms with van der Waals surface area (Å²) in [7, 11) is 0. The first-order valence-electron chi connectivity index (χ1n) is 6.92. The molecular formula is C15H22Cl2N2. The van der Waals surface area contributed by atoms with E-state index in [9.17, 15) is 0 Å². The zero-order valence-electron chi connectivity index (χ0n) is 11.8. The van der Waals surface area contributed by atoms with Crippen LogP contribution >= 0.6 is 23.2 Å². The topological polar surface area (TPSA) is 15.3 Å². The molecule has 1 N–H and O–H groups in total. The fraction of sp³-hybridized carbons (Fsp3) is 0.600. The van der Waals surface area contributed by atoms with Crippen LogP contribution in [0.15, 0.2) is 18.2 Å². The first kappa shape index (κ1) is 15.0. The van der Waals surface area contributed by atoms with Gasteiger partial charge in [-0.2, -0.15) is 0 Å². The molecule has 1 aromatic carbocycles. The summed E-state index contributed by atoms with van der Waals surface area (Å²) >= 11 is 12.2. The maximum atomic E-state index is 6.11. The summed E-state index contributed by atoms with van der Waals surface area (Å²) in [6.45, 7) is 8.77. The molecule has 1 heterocycles. The number of nitrogens with zero attached hydrogens (tertiary/aromatic N) is 1. The smallest absolute Gasteiger partial charge is 0.0441 e. The summed E-state index contributed by atoms with van der Waals surface area (Å²) in [5, 5.41) is 5.03. The zero-order chi connectivity index (χ0) is 14.0. The number of piperazine rings is 1. The van der Waals surface area contributed by atoms with Gasteiger partial charge in [0.15, 0.2) is 0 Å². The summed E-state index contributed by atoms with van der Waals surface area (Å²) in [6, 6.07) is 6.78. The van der Waals surface area contributed by atoms with E-state index in [0.717, 1.165) is 18.8 Å². The van der Waals surface area contributed by atoms with Gasteiger partial charge in [0.05, 0.1) is 0 Å². The van der Waals surface area contributed by atoms with Gasteiger partial charge < -0.3 is 10.2 Å². The molecule has 2 rings (SSSR count). The number of benzene rings is 1. The summed E-state index contributed by atoms with van der Waals surface area (Å²) in [4.78, 5) is 2.40. The molecule has 2 atom stereocenters. The van der Waals surface area contributed by atoms with Gasteiger partial charge in [0.2, 0.25) is 0 Å². The Morgan fingerprint density at radius 2 is 1.89 bits per heavy atom. The minimum absolute atomic E-state index is 0.456. The van der Waals surface area contributed by atoms with Gasteiger partial charge in [-0.15, -0.1) is 0 Å². The average Bonchev–Trinajstić information content (AvgIpc) is 2.29. The van der Waals surface area contributed by atoms with Crippen molar-refractivity contribution in [3.05, 3.63) is 28.2 Å². The van der Waals surface area contributed by atoms with Gasteiger partial charge in [0.25, 0.3) is 0 Å². The zero-order valence-corrected chi connectivity index (χ0v) is 13.3.